The number of rotatable bonds is 3. The van der Waals surface area contributed by atoms with E-state index in [4.69, 9.17) is 5.73 Å². The molecule has 0 fully saturated rings. The summed E-state index contributed by atoms with van der Waals surface area (Å²) in [5.74, 6) is 0.451. The number of aryl methyl sites for hydroxylation is 3. The monoisotopic (exact) mass is 287 g/mol. The number of anilines is 2. The highest BCUT2D eigenvalue weighted by Gasteiger charge is 2.29. The maximum Gasteiger partial charge on any atom is 0.333 e. The Kier molecular flexibility index (Phi) is 3.04. The fourth-order valence-corrected chi connectivity index (χ4v) is 2.98. The van der Waals surface area contributed by atoms with Gasteiger partial charge in [-0.2, -0.15) is 5.10 Å². The first kappa shape index (κ1) is 13.4. The van der Waals surface area contributed by atoms with Gasteiger partial charge in [0.15, 0.2) is 0 Å². The van der Waals surface area contributed by atoms with Crippen molar-refractivity contribution >= 4 is 17.2 Å². The van der Waals surface area contributed by atoms with Gasteiger partial charge in [0, 0.05) is 12.7 Å². The van der Waals surface area contributed by atoms with Gasteiger partial charge in [-0.25, -0.2) is 4.68 Å². The normalized spacial score (nSPS) is 16.8. The highest BCUT2D eigenvalue weighted by atomic mass is 16.6. The molecule has 0 saturated heterocycles. The van der Waals surface area contributed by atoms with Gasteiger partial charge in [-0.1, -0.05) is 6.07 Å². The SMILES string of the molecule is Cc1nn(C)c(NC2CCc3cc(N)ccc32)c1[N+](=O)[O-]. The van der Waals surface area contributed by atoms with E-state index in [1.165, 1.54) is 10.2 Å². The Labute approximate surface area is 121 Å². The van der Waals surface area contributed by atoms with Crippen molar-refractivity contribution < 1.29 is 4.92 Å². The smallest absolute Gasteiger partial charge is 0.333 e. The third-order valence-electron chi connectivity index (χ3n) is 3.93. The standard InChI is InChI=1S/C14H17N5O2/c1-8-13(19(20)21)14(18(2)17-8)16-12-6-3-9-7-10(15)4-5-11(9)12/h4-5,7,12,16H,3,6,15H2,1-2H3. The van der Waals surface area contributed by atoms with Crippen molar-refractivity contribution in [2.75, 3.05) is 11.1 Å². The van der Waals surface area contributed by atoms with E-state index >= 15 is 0 Å². The van der Waals surface area contributed by atoms with Gasteiger partial charge in [-0.3, -0.25) is 10.1 Å². The van der Waals surface area contributed by atoms with Crippen molar-refractivity contribution in [2.24, 2.45) is 7.05 Å². The lowest BCUT2D eigenvalue weighted by Crippen LogP contribution is -2.11. The van der Waals surface area contributed by atoms with E-state index in [0.717, 1.165) is 24.1 Å². The molecule has 1 aromatic carbocycles. The number of nitro groups is 1. The Morgan fingerprint density at radius 2 is 2.29 bits per heavy atom. The maximum atomic E-state index is 11.2. The van der Waals surface area contributed by atoms with E-state index in [9.17, 15) is 10.1 Å². The number of nitrogens with zero attached hydrogens (tertiary/aromatic N) is 3. The van der Waals surface area contributed by atoms with Crippen molar-refractivity contribution in [3.8, 4) is 0 Å². The maximum absolute atomic E-state index is 11.2. The van der Waals surface area contributed by atoms with E-state index in [0.29, 0.717) is 11.5 Å². The van der Waals surface area contributed by atoms with Gasteiger partial charge in [0.2, 0.25) is 5.82 Å². The summed E-state index contributed by atoms with van der Waals surface area (Å²) in [6.45, 7) is 1.65. The first-order valence-electron chi connectivity index (χ1n) is 6.80. The number of fused-ring (bicyclic) bond motifs is 1. The number of nitrogen functional groups attached to an aromatic ring is 1. The second-order valence-corrected chi connectivity index (χ2v) is 5.36. The molecule has 1 aliphatic carbocycles. The van der Waals surface area contributed by atoms with Crippen molar-refractivity contribution in [1.29, 1.82) is 0 Å². The van der Waals surface area contributed by atoms with Gasteiger partial charge in [0.25, 0.3) is 0 Å². The van der Waals surface area contributed by atoms with Crippen LogP contribution in [0.5, 0.6) is 0 Å². The van der Waals surface area contributed by atoms with Crippen LogP contribution in [0.4, 0.5) is 17.2 Å². The molecule has 0 saturated carbocycles. The summed E-state index contributed by atoms with van der Waals surface area (Å²) in [5.41, 5.74) is 9.36. The molecule has 0 bridgehead atoms. The summed E-state index contributed by atoms with van der Waals surface area (Å²) in [6.07, 6.45) is 1.81. The zero-order valence-electron chi connectivity index (χ0n) is 12.0. The predicted molar refractivity (Wildman–Crippen MR) is 80.1 cm³/mol. The molecule has 1 aliphatic rings. The molecule has 7 nitrogen and oxygen atoms in total. The molecule has 110 valence electrons. The minimum atomic E-state index is -0.385. The average molecular weight is 287 g/mol. The second-order valence-electron chi connectivity index (χ2n) is 5.36. The predicted octanol–water partition coefficient (Wildman–Crippen LogP) is 2.32. The molecule has 1 unspecified atom stereocenters. The number of benzene rings is 1. The highest BCUT2D eigenvalue weighted by Crippen LogP contribution is 2.37. The molecule has 1 heterocycles. The summed E-state index contributed by atoms with van der Waals surface area (Å²) in [6, 6.07) is 5.88. The van der Waals surface area contributed by atoms with E-state index in [2.05, 4.69) is 10.4 Å². The van der Waals surface area contributed by atoms with Crippen LogP contribution >= 0.6 is 0 Å². The van der Waals surface area contributed by atoms with Crippen molar-refractivity contribution in [2.45, 2.75) is 25.8 Å². The minimum Gasteiger partial charge on any atom is -0.399 e. The number of aromatic nitrogens is 2. The molecule has 3 N–H and O–H groups in total. The topological polar surface area (TPSA) is 99.0 Å². The summed E-state index contributed by atoms with van der Waals surface area (Å²) in [7, 11) is 1.71. The number of hydrogen-bond acceptors (Lipinski definition) is 5. The summed E-state index contributed by atoms with van der Waals surface area (Å²) in [4.78, 5) is 10.8. The molecule has 0 radical (unpaired) electrons. The molecular weight excluding hydrogens is 270 g/mol. The Morgan fingerprint density at radius 3 is 3.00 bits per heavy atom. The highest BCUT2D eigenvalue weighted by molar-refractivity contribution is 5.61. The summed E-state index contributed by atoms with van der Waals surface area (Å²) in [5, 5.41) is 18.6. The van der Waals surface area contributed by atoms with Crippen LogP contribution in [0.2, 0.25) is 0 Å². The van der Waals surface area contributed by atoms with Crippen LogP contribution in [0.3, 0.4) is 0 Å². The molecular formula is C14H17N5O2. The van der Waals surface area contributed by atoms with Crippen LogP contribution in [0.15, 0.2) is 18.2 Å². The molecule has 21 heavy (non-hydrogen) atoms. The fourth-order valence-electron chi connectivity index (χ4n) is 2.98. The van der Waals surface area contributed by atoms with E-state index in [1.807, 2.05) is 18.2 Å². The van der Waals surface area contributed by atoms with Crippen LogP contribution < -0.4 is 11.1 Å². The van der Waals surface area contributed by atoms with Gasteiger partial charge in [0.1, 0.15) is 5.69 Å². The molecule has 0 amide bonds. The Bertz CT molecular complexity index is 722. The lowest BCUT2D eigenvalue weighted by Gasteiger charge is -2.15. The molecule has 1 aromatic heterocycles. The molecule has 3 rings (SSSR count). The largest absolute Gasteiger partial charge is 0.399 e. The summed E-state index contributed by atoms with van der Waals surface area (Å²) < 4.78 is 1.53. The van der Waals surface area contributed by atoms with Gasteiger partial charge >= 0.3 is 5.69 Å². The molecule has 0 aliphatic heterocycles. The summed E-state index contributed by atoms with van der Waals surface area (Å²) >= 11 is 0. The Balaban J connectivity index is 1.95. The van der Waals surface area contributed by atoms with Crippen LogP contribution in [-0.2, 0) is 13.5 Å². The lowest BCUT2D eigenvalue weighted by molar-refractivity contribution is -0.384. The van der Waals surface area contributed by atoms with Gasteiger partial charge in [-0.15, -0.1) is 0 Å². The molecule has 1 atom stereocenters. The molecule has 7 heteroatoms. The lowest BCUT2D eigenvalue weighted by atomic mass is 10.1. The Hall–Kier alpha value is -2.57. The first-order valence-corrected chi connectivity index (χ1v) is 6.80. The number of hydrogen-bond donors (Lipinski definition) is 2. The van der Waals surface area contributed by atoms with Crippen LogP contribution in [0.1, 0.15) is 29.3 Å². The quantitative estimate of drug-likeness (QED) is 0.512. The third kappa shape index (κ3) is 2.20. The second kappa shape index (κ2) is 4.76. The van der Waals surface area contributed by atoms with Crippen molar-refractivity contribution in [3.63, 3.8) is 0 Å². The zero-order chi connectivity index (χ0) is 15.1. The molecule has 0 spiro atoms. The van der Waals surface area contributed by atoms with E-state index in [1.54, 1.807) is 14.0 Å². The first-order chi connectivity index (χ1) is 9.97. The van der Waals surface area contributed by atoms with Crippen molar-refractivity contribution in [1.82, 2.24) is 9.78 Å². The third-order valence-corrected chi connectivity index (χ3v) is 3.93. The molecule has 2 aromatic rings. The van der Waals surface area contributed by atoms with Crippen LogP contribution in [-0.4, -0.2) is 14.7 Å². The van der Waals surface area contributed by atoms with E-state index < -0.39 is 0 Å². The number of nitrogens with two attached hydrogens (primary N) is 1. The van der Waals surface area contributed by atoms with Gasteiger partial charge < -0.3 is 11.1 Å². The number of nitrogens with one attached hydrogen (secondary N) is 1. The average Bonchev–Trinajstić information content (AvgIpc) is 2.91. The fraction of sp³-hybridized carbons (Fsp3) is 0.357. The van der Waals surface area contributed by atoms with E-state index in [-0.39, 0.29) is 16.7 Å². The van der Waals surface area contributed by atoms with Crippen LogP contribution in [0.25, 0.3) is 0 Å². The Morgan fingerprint density at radius 1 is 1.52 bits per heavy atom. The zero-order valence-corrected chi connectivity index (χ0v) is 12.0. The minimum absolute atomic E-state index is 0.0430. The van der Waals surface area contributed by atoms with Gasteiger partial charge in [0.05, 0.1) is 11.0 Å². The van der Waals surface area contributed by atoms with Gasteiger partial charge in [-0.05, 0) is 43.0 Å². The van der Waals surface area contributed by atoms with Crippen molar-refractivity contribution in [3.05, 3.63) is 45.1 Å². The van der Waals surface area contributed by atoms with Crippen LogP contribution in [0, 0.1) is 17.0 Å².